The monoisotopic (exact) mass is 235 g/mol. The van der Waals surface area contributed by atoms with Crippen LogP contribution in [0.25, 0.3) is 0 Å². The minimum atomic E-state index is 0.0517. The summed E-state index contributed by atoms with van der Waals surface area (Å²) in [7, 11) is 2.26. The van der Waals surface area contributed by atoms with Gasteiger partial charge in [0.1, 0.15) is 0 Å². The number of fused-ring (bicyclic) bond motifs is 7. The van der Waals surface area contributed by atoms with Gasteiger partial charge >= 0.3 is 0 Å². The minimum absolute atomic E-state index is 0.0517. The topological polar surface area (TPSA) is 3.24 Å². The Morgan fingerprint density at radius 3 is 2.50 bits per heavy atom. The fourth-order valence-electron chi connectivity index (χ4n) is 3.90. The zero-order valence-corrected chi connectivity index (χ0v) is 10.9. The van der Waals surface area contributed by atoms with E-state index >= 15 is 0 Å². The molecule has 0 N–H and O–H groups in total. The highest BCUT2D eigenvalue weighted by molar-refractivity contribution is 5.54. The lowest BCUT2D eigenvalue weighted by Gasteiger charge is -2.42. The summed E-state index contributed by atoms with van der Waals surface area (Å²) in [6.45, 7) is 2.36. The summed E-state index contributed by atoms with van der Waals surface area (Å²) in [5.41, 5.74) is 6.05. The molecular weight excluding hydrogens is 218 g/mol. The van der Waals surface area contributed by atoms with E-state index in [-0.39, 0.29) is 5.54 Å². The van der Waals surface area contributed by atoms with Crippen molar-refractivity contribution >= 4 is 0 Å². The number of hydrogen-bond donors (Lipinski definition) is 0. The molecule has 18 heavy (non-hydrogen) atoms. The molecule has 1 heteroatoms. The van der Waals surface area contributed by atoms with Crippen molar-refractivity contribution in [1.82, 2.24) is 4.90 Å². The second-order valence-corrected chi connectivity index (χ2v) is 5.65. The first-order chi connectivity index (χ1) is 8.73. The molecule has 2 aliphatic heterocycles. The molecule has 0 radical (unpaired) electrons. The van der Waals surface area contributed by atoms with E-state index in [2.05, 4.69) is 67.4 Å². The maximum Gasteiger partial charge on any atom is 0.0695 e. The Balaban J connectivity index is 2.08. The minimum Gasteiger partial charge on any atom is -0.286 e. The van der Waals surface area contributed by atoms with Gasteiger partial charge in [0.2, 0.25) is 0 Å². The predicted molar refractivity (Wildman–Crippen MR) is 73.5 cm³/mol. The first kappa shape index (κ1) is 10.3. The van der Waals surface area contributed by atoms with Gasteiger partial charge in [0.15, 0.2) is 0 Å². The quantitative estimate of drug-likeness (QED) is 0.675. The molecule has 2 aromatic rings. The van der Waals surface area contributed by atoms with Crippen LogP contribution in [0.15, 0.2) is 48.5 Å². The largest absolute Gasteiger partial charge is 0.286 e. The number of rotatable bonds is 0. The average molecular weight is 235 g/mol. The first-order valence-electron chi connectivity index (χ1n) is 6.63. The first-order valence-corrected chi connectivity index (χ1v) is 6.63. The van der Waals surface area contributed by atoms with E-state index in [4.69, 9.17) is 0 Å². The van der Waals surface area contributed by atoms with Gasteiger partial charge in [-0.1, -0.05) is 48.5 Å². The van der Waals surface area contributed by atoms with Gasteiger partial charge in [0.25, 0.3) is 0 Å². The summed E-state index contributed by atoms with van der Waals surface area (Å²) in [5, 5.41) is 0. The zero-order chi connectivity index (χ0) is 12.3. The highest BCUT2D eigenvalue weighted by Crippen LogP contribution is 2.54. The number of hydrogen-bond acceptors (Lipinski definition) is 1. The van der Waals surface area contributed by atoms with Crippen LogP contribution in [-0.2, 0) is 12.0 Å². The van der Waals surface area contributed by atoms with Crippen molar-refractivity contribution in [3.05, 3.63) is 70.8 Å². The third-order valence-corrected chi connectivity index (χ3v) is 4.97. The molecule has 0 aromatic heterocycles. The van der Waals surface area contributed by atoms with Crippen LogP contribution in [0.4, 0.5) is 0 Å². The molecule has 2 unspecified atom stereocenters. The SMILES string of the molecule is CN1C2Cc3ccccc3C1(C)c1ccccc12. The van der Waals surface area contributed by atoms with Gasteiger partial charge in [-0.05, 0) is 42.6 Å². The number of nitrogens with zero attached hydrogens (tertiary/aromatic N) is 1. The summed E-state index contributed by atoms with van der Waals surface area (Å²) in [4.78, 5) is 2.54. The van der Waals surface area contributed by atoms with Crippen LogP contribution in [-0.4, -0.2) is 11.9 Å². The van der Waals surface area contributed by atoms with Crippen molar-refractivity contribution in [3.63, 3.8) is 0 Å². The highest BCUT2D eigenvalue weighted by Gasteiger charge is 2.49. The average Bonchev–Trinajstić information content (AvgIpc) is 2.56. The molecule has 0 spiro atoms. The van der Waals surface area contributed by atoms with E-state index < -0.39 is 0 Å². The molecule has 1 nitrogen and oxygen atoms in total. The zero-order valence-electron chi connectivity index (χ0n) is 10.9. The molecule has 0 fully saturated rings. The number of likely N-dealkylation sites (N-methyl/N-ethyl adjacent to an activating group) is 1. The molecule has 0 saturated heterocycles. The Kier molecular flexibility index (Phi) is 1.86. The Labute approximate surface area is 108 Å². The van der Waals surface area contributed by atoms with Crippen LogP contribution in [0, 0.1) is 0 Å². The summed E-state index contributed by atoms with van der Waals surface area (Å²) >= 11 is 0. The van der Waals surface area contributed by atoms with Crippen molar-refractivity contribution in [1.29, 1.82) is 0 Å². The molecule has 2 aliphatic rings. The molecule has 2 bridgehead atoms. The van der Waals surface area contributed by atoms with Gasteiger partial charge in [-0.2, -0.15) is 0 Å². The van der Waals surface area contributed by atoms with Gasteiger partial charge < -0.3 is 0 Å². The Hall–Kier alpha value is -1.60. The van der Waals surface area contributed by atoms with Crippen molar-refractivity contribution in [3.8, 4) is 0 Å². The Morgan fingerprint density at radius 1 is 1.00 bits per heavy atom. The number of benzene rings is 2. The fourth-order valence-corrected chi connectivity index (χ4v) is 3.90. The highest BCUT2D eigenvalue weighted by atomic mass is 15.2. The van der Waals surface area contributed by atoms with Gasteiger partial charge in [-0.3, -0.25) is 4.90 Å². The van der Waals surface area contributed by atoms with Gasteiger partial charge in [-0.25, -0.2) is 0 Å². The van der Waals surface area contributed by atoms with E-state index in [1.165, 1.54) is 22.3 Å². The van der Waals surface area contributed by atoms with Crippen molar-refractivity contribution < 1.29 is 0 Å². The van der Waals surface area contributed by atoms with Crippen molar-refractivity contribution in [2.45, 2.75) is 24.9 Å². The van der Waals surface area contributed by atoms with E-state index in [1.54, 1.807) is 0 Å². The lowest BCUT2D eigenvalue weighted by molar-refractivity contribution is 0.133. The van der Waals surface area contributed by atoms with Crippen molar-refractivity contribution in [2.24, 2.45) is 0 Å². The lowest BCUT2D eigenvalue weighted by Crippen LogP contribution is -2.42. The van der Waals surface area contributed by atoms with Gasteiger partial charge in [0, 0.05) is 6.04 Å². The van der Waals surface area contributed by atoms with Crippen molar-refractivity contribution in [2.75, 3.05) is 7.05 Å². The maximum absolute atomic E-state index is 2.54. The molecule has 2 atom stereocenters. The second kappa shape index (κ2) is 3.24. The molecule has 90 valence electrons. The molecule has 2 aromatic carbocycles. The van der Waals surface area contributed by atoms with Crippen LogP contribution in [0.1, 0.15) is 35.2 Å². The van der Waals surface area contributed by atoms with E-state index in [0.29, 0.717) is 6.04 Å². The normalized spacial score (nSPS) is 28.9. The van der Waals surface area contributed by atoms with E-state index in [0.717, 1.165) is 6.42 Å². The summed E-state index contributed by atoms with van der Waals surface area (Å²) in [6.07, 6.45) is 1.14. The van der Waals surface area contributed by atoms with Gasteiger partial charge in [-0.15, -0.1) is 0 Å². The van der Waals surface area contributed by atoms with Crippen LogP contribution >= 0.6 is 0 Å². The summed E-state index contributed by atoms with van der Waals surface area (Å²) in [6, 6.07) is 18.4. The van der Waals surface area contributed by atoms with E-state index in [9.17, 15) is 0 Å². The molecule has 0 saturated carbocycles. The van der Waals surface area contributed by atoms with Crippen LogP contribution in [0.2, 0.25) is 0 Å². The third kappa shape index (κ3) is 1.02. The molecule has 0 aliphatic carbocycles. The molecule has 0 amide bonds. The molecule has 2 heterocycles. The van der Waals surface area contributed by atoms with Gasteiger partial charge in [0.05, 0.1) is 5.54 Å². The standard InChI is InChI=1S/C17H17N/c1-17-14-9-5-3-7-12(14)11-16(18(17)2)13-8-4-6-10-15(13)17/h3-10,16H,11H2,1-2H3. The fraction of sp³-hybridized carbons (Fsp3) is 0.294. The summed E-state index contributed by atoms with van der Waals surface area (Å²) in [5.74, 6) is 0. The lowest BCUT2D eigenvalue weighted by atomic mass is 9.81. The smallest absolute Gasteiger partial charge is 0.0695 e. The Morgan fingerprint density at radius 2 is 1.67 bits per heavy atom. The molecular formula is C17H17N. The van der Waals surface area contributed by atoms with Crippen LogP contribution in [0.5, 0.6) is 0 Å². The second-order valence-electron chi connectivity index (χ2n) is 5.65. The third-order valence-electron chi connectivity index (χ3n) is 4.97. The molecule has 4 rings (SSSR count). The van der Waals surface area contributed by atoms with Crippen LogP contribution < -0.4 is 0 Å². The maximum atomic E-state index is 2.54. The van der Waals surface area contributed by atoms with Crippen LogP contribution in [0.3, 0.4) is 0 Å². The predicted octanol–water partition coefficient (Wildman–Crippen LogP) is 3.49. The van der Waals surface area contributed by atoms with E-state index in [1.807, 2.05) is 0 Å². The summed E-state index contributed by atoms with van der Waals surface area (Å²) < 4.78 is 0. The Bertz CT molecular complexity index is 618.